The molecular formula is C16H11Cl2FO4. The third kappa shape index (κ3) is 5.54. The molecule has 120 valence electrons. The number of carbonyl (C=O) groups excluding carboxylic acids is 2. The summed E-state index contributed by atoms with van der Waals surface area (Å²) in [4.78, 5) is 23.3. The zero-order valence-corrected chi connectivity index (χ0v) is 13.2. The molecule has 0 unspecified atom stereocenters. The fraction of sp³-hybridized carbons (Fsp3) is 0.125. The summed E-state index contributed by atoms with van der Waals surface area (Å²) in [6.07, 6.45) is -0.473. The SMILES string of the molecule is O=C(CCC(=O)Oc1ccccc1F)Oc1cc(Cl)cc(Cl)c1. The van der Waals surface area contributed by atoms with Gasteiger partial charge in [0.1, 0.15) is 5.75 Å². The van der Waals surface area contributed by atoms with Crippen LogP contribution in [0.5, 0.6) is 11.5 Å². The first-order chi connectivity index (χ1) is 10.9. The molecule has 0 N–H and O–H groups in total. The zero-order chi connectivity index (χ0) is 16.8. The van der Waals surface area contributed by atoms with Crippen molar-refractivity contribution < 1.29 is 23.5 Å². The number of hydrogen-bond donors (Lipinski definition) is 0. The predicted octanol–water partition coefficient (Wildman–Crippen LogP) is 4.42. The van der Waals surface area contributed by atoms with Gasteiger partial charge in [0.25, 0.3) is 0 Å². The molecule has 0 saturated carbocycles. The van der Waals surface area contributed by atoms with Crippen LogP contribution in [0.1, 0.15) is 12.8 Å². The quantitative estimate of drug-likeness (QED) is 0.587. The molecule has 23 heavy (non-hydrogen) atoms. The molecule has 2 rings (SSSR count). The van der Waals surface area contributed by atoms with Gasteiger partial charge in [-0.25, -0.2) is 4.39 Å². The van der Waals surface area contributed by atoms with Crippen LogP contribution >= 0.6 is 23.2 Å². The molecule has 2 aromatic carbocycles. The van der Waals surface area contributed by atoms with E-state index in [0.29, 0.717) is 10.0 Å². The van der Waals surface area contributed by atoms with Crippen LogP contribution in [0.15, 0.2) is 42.5 Å². The van der Waals surface area contributed by atoms with E-state index in [1.54, 1.807) is 0 Å². The highest BCUT2D eigenvalue weighted by molar-refractivity contribution is 6.34. The van der Waals surface area contributed by atoms with Crippen LogP contribution in [0.2, 0.25) is 10.0 Å². The smallest absolute Gasteiger partial charge is 0.311 e. The van der Waals surface area contributed by atoms with E-state index < -0.39 is 17.8 Å². The number of hydrogen-bond acceptors (Lipinski definition) is 4. The van der Waals surface area contributed by atoms with E-state index in [-0.39, 0.29) is 24.3 Å². The first kappa shape index (κ1) is 17.2. The van der Waals surface area contributed by atoms with Crippen LogP contribution in [0.25, 0.3) is 0 Å². The van der Waals surface area contributed by atoms with E-state index in [4.69, 9.17) is 32.7 Å². The van der Waals surface area contributed by atoms with Crippen LogP contribution in [0, 0.1) is 5.82 Å². The summed E-state index contributed by atoms with van der Waals surface area (Å²) < 4.78 is 23.1. The molecule has 0 aliphatic carbocycles. The second kappa shape index (κ2) is 7.94. The minimum atomic E-state index is -0.740. The monoisotopic (exact) mass is 356 g/mol. The lowest BCUT2D eigenvalue weighted by Crippen LogP contribution is -2.14. The number of halogens is 3. The molecule has 0 amide bonds. The Kier molecular flexibility index (Phi) is 5.96. The average molecular weight is 357 g/mol. The van der Waals surface area contributed by atoms with Crippen molar-refractivity contribution in [3.05, 3.63) is 58.3 Å². The van der Waals surface area contributed by atoms with E-state index in [9.17, 15) is 14.0 Å². The Labute approximate surface area is 141 Å². The largest absolute Gasteiger partial charge is 0.426 e. The van der Waals surface area contributed by atoms with Gasteiger partial charge in [-0.2, -0.15) is 0 Å². The molecule has 0 spiro atoms. The molecule has 7 heteroatoms. The molecule has 0 aromatic heterocycles. The van der Waals surface area contributed by atoms with Gasteiger partial charge in [0.2, 0.25) is 0 Å². The third-order valence-corrected chi connectivity index (χ3v) is 3.10. The number of carbonyl (C=O) groups is 2. The normalized spacial score (nSPS) is 10.2. The molecule has 4 nitrogen and oxygen atoms in total. The Balaban J connectivity index is 1.84. The summed E-state index contributed by atoms with van der Waals surface area (Å²) in [6.45, 7) is 0. The molecule has 0 aliphatic heterocycles. The Morgan fingerprint density at radius 3 is 2.09 bits per heavy atom. The van der Waals surface area contributed by atoms with Crippen LogP contribution < -0.4 is 9.47 Å². The van der Waals surface area contributed by atoms with Crippen LogP contribution in [-0.4, -0.2) is 11.9 Å². The molecule has 0 atom stereocenters. The number of rotatable bonds is 5. The Hall–Kier alpha value is -2.11. The molecular weight excluding hydrogens is 346 g/mol. The number of esters is 2. The van der Waals surface area contributed by atoms with E-state index >= 15 is 0 Å². The van der Waals surface area contributed by atoms with E-state index in [1.165, 1.54) is 42.5 Å². The molecule has 0 fully saturated rings. The average Bonchev–Trinajstić information content (AvgIpc) is 2.46. The third-order valence-electron chi connectivity index (χ3n) is 2.66. The van der Waals surface area contributed by atoms with E-state index in [1.807, 2.05) is 0 Å². The first-order valence-corrected chi connectivity index (χ1v) is 7.31. The minimum Gasteiger partial charge on any atom is -0.426 e. The predicted molar refractivity (Wildman–Crippen MR) is 83.4 cm³/mol. The lowest BCUT2D eigenvalue weighted by atomic mass is 10.3. The van der Waals surface area contributed by atoms with Crippen molar-refractivity contribution in [2.45, 2.75) is 12.8 Å². The standard InChI is InChI=1S/C16H11Cl2FO4/c17-10-7-11(18)9-12(8-10)22-15(20)5-6-16(21)23-14-4-2-1-3-13(14)19/h1-4,7-9H,5-6H2. The van der Waals surface area contributed by atoms with Gasteiger partial charge in [0, 0.05) is 10.0 Å². The molecule has 2 aromatic rings. The highest BCUT2D eigenvalue weighted by Crippen LogP contribution is 2.24. The fourth-order valence-corrected chi connectivity index (χ4v) is 2.18. The number of ether oxygens (including phenoxy) is 2. The molecule has 0 aliphatic rings. The van der Waals surface area contributed by atoms with Crippen LogP contribution in [-0.2, 0) is 9.59 Å². The van der Waals surface area contributed by atoms with Crippen molar-refractivity contribution in [1.82, 2.24) is 0 Å². The van der Waals surface area contributed by atoms with Gasteiger partial charge in [0.05, 0.1) is 12.8 Å². The Morgan fingerprint density at radius 1 is 0.913 bits per heavy atom. The second-order valence-corrected chi connectivity index (χ2v) is 5.36. The highest BCUT2D eigenvalue weighted by Gasteiger charge is 2.13. The van der Waals surface area contributed by atoms with Crippen molar-refractivity contribution in [2.24, 2.45) is 0 Å². The Morgan fingerprint density at radius 2 is 1.48 bits per heavy atom. The summed E-state index contributed by atoms with van der Waals surface area (Å²) in [6, 6.07) is 9.82. The maximum absolute atomic E-state index is 13.3. The fourth-order valence-electron chi connectivity index (χ4n) is 1.68. The molecule has 0 radical (unpaired) electrons. The molecule has 0 heterocycles. The summed E-state index contributed by atoms with van der Waals surface area (Å²) in [5.74, 6) is -2.07. The van der Waals surface area contributed by atoms with Gasteiger partial charge < -0.3 is 9.47 Å². The van der Waals surface area contributed by atoms with Gasteiger partial charge in [0.15, 0.2) is 11.6 Å². The maximum Gasteiger partial charge on any atom is 0.311 e. The summed E-state index contributed by atoms with van der Waals surface area (Å²) >= 11 is 11.6. The van der Waals surface area contributed by atoms with Crippen molar-refractivity contribution in [2.75, 3.05) is 0 Å². The van der Waals surface area contributed by atoms with Gasteiger partial charge >= 0.3 is 11.9 Å². The Bertz CT molecular complexity index is 714. The van der Waals surface area contributed by atoms with Crippen LogP contribution in [0.3, 0.4) is 0 Å². The highest BCUT2D eigenvalue weighted by atomic mass is 35.5. The van der Waals surface area contributed by atoms with E-state index in [2.05, 4.69) is 0 Å². The van der Waals surface area contributed by atoms with Crippen molar-refractivity contribution in [3.63, 3.8) is 0 Å². The van der Waals surface area contributed by atoms with E-state index in [0.717, 1.165) is 0 Å². The summed E-state index contributed by atoms with van der Waals surface area (Å²) in [5, 5.41) is 0.638. The lowest BCUT2D eigenvalue weighted by Gasteiger charge is -2.06. The second-order valence-electron chi connectivity index (χ2n) is 4.48. The summed E-state index contributed by atoms with van der Waals surface area (Å²) in [7, 11) is 0. The van der Waals surface area contributed by atoms with Gasteiger partial charge in [-0.3, -0.25) is 9.59 Å². The van der Waals surface area contributed by atoms with Crippen molar-refractivity contribution in [3.8, 4) is 11.5 Å². The first-order valence-electron chi connectivity index (χ1n) is 6.56. The van der Waals surface area contributed by atoms with Gasteiger partial charge in [-0.1, -0.05) is 35.3 Å². The maximum atomic E-state index is 13.3. The number of para-hydroxylation sites is 1. The van der Waals surface area contributed by atoms with Gasteiger partial charge in [-0.05, 0) is 30.3 Å². The number of benzene rings is 2. The molecule has 0 bridgehead atoms. The van der Waals surface area contributed by atoms with Crippen molar-refractivity contribution in [1.29, 1.82) is 0 Å². The molecule has 0 saturated heterocycles. The summed E-state index contributed by atoms with van der Waals surface area (Å²) in [5.41, 5.74) is 0. The lowest BCUT2D eigenvalue weighted by molar-refractivity contribution is -0.140. The van der Waals surface area contributed by atoms with Crippen molar-refractivity contribution >= 4 is 35.1 Å². The topological polar surface area (TPSA) is 52.6 Å². The minimum absolute atomic E-state index is 0.176. The van der Waals surface area contributed by atoms with Crippen LogP contribution in [0.4, 0.5) is 4.39 Å². The van der Waals surface area contributed by atoms with Gasteiger partial charge in [-0.15, -0.1) is 0 Å². The zero-order valence-electron chi connectivity index (χ0n) is 11.7.